The molecule has 2 nitrogen and oxygen atoms in total. The van der Waals surface area contributed by atoms with Gasteiger partial charge in [-0.1, -0.05) is 23.2 Å². The van der Waals surface area contributed by atoms with Crippen LogP contribution in [0.3, 0.4) is 0 Å². The molecule has 0 saturated heterocycles. The highest BCUT2D eigenvalue weighted by Crippen LogP contribution is 2.33. The van der Waals surface area contributed by atoms with Gasteiger partial charge in [0.25, 0.3) is 6.43 Å². The molecule has 0 aliphatic rings. The Labute approximate surface area is 83.7 Å². The molecule has 0 aliphatic carbocycles. The van der Waals surface area contributed by atoms with E-state index >= 15 is 0 Å². The minimum Gasteiger partial charge on any atom is -0.325 e. The number of nitrogens with two attached hydrogens (primary N) is 1. The fourth-order valence-electron chi connectivity index (χ4n) is 0.809. The van der Waals surface area contributed by atoms with Crippen LogP contribution in [0.25, 0.3) is 0 Å². The van der Waals surface area contributed by atoms with E-state index in [-0.39, 0.29) is 22.2 Å². The highest BCUT2D eigenvalue weighted by Gasteiger charge is 2.17. The molecule has 72 valence electrons. The molecule has 0 atom stereocenters. The SMILES string of the molecule is NCc1ncc(C(F)F)c(Cl)c1Cl. The highest BCUT2D eigenvalue weighted by atomic mass is 35.5. The summed E-state index contributed by atoms with van der Waals surface area (Å²) < 4.78 is 24.5. The predicted octanol–water partition coefficient (Wildman–Crippen LogP) is 2.78. The van der Waals surface area contributed by atoms with Crippen LogP contribution in [-0.2, 0) is 6.54 Å². The largest absolute Gasteiger partial charge is 0.325 e. The van der Waals surface area contributed by atoms with E-state index in [0.29, 0.717) is 5.69 Å². The molecule has 0 fully saturated rings. The zero-order valence-corrected chi connectivity index (χ0v) is 7.91. The van der Waals surface area contributed by atoms with Gasteiger partial charge in [-0.25, -0.2) is 8.78 Å². The van der Waals surface area contributed by atoms with Gasteiger partial charge in [0.2, 0.25) is 0 Å². The van der Waals surface area contributed by atoms with Gasteiger partial charge < -0.3 is 5.73 Å². The molecule has 1 aromatic rings. The number of aromatic nitrogens is 1. The summed E-state index contributed by atoms with van der Waals surface area (Å²) in [4.78, 5) is 3.66. The molecule has 13 heavy (non-hydrogen) atoms. The van der Waals surface area contributed by atoms with Crippen LogP contribution in [0, 0.1) is 0 Å². The first-order chi connectivity index (χ1) is 6.07. The van der Waals surface area contributed by atoms with Crippen molar-refractivity contribution in [2.75, 3.05) is 0 Å². The van der Waals surface area contributed by atoms with Crippen molar-refractivity contribution in [2.24, 2.45) is 5.73 Å². The second-order valence-electron chi connectivity index (χ2n) is 2.29. The summed E-state index contributed by atoms with van der Waals surface area (Å²) in [5.41, 5.74) is 5.20. The molecular formula is C7H6Cl2F2N2. The van der Waals surface area contributed by atoms with Gasteiger partial charge in [-0.2, -0.15) is 0 Å². The molecule has 0 unspecified atom stereocenters. The zero-order chi connectivity index (χ0) is 10.0. The third kappa shape index (κ3) is 2.07. The van der Waals surface area contributed by atoms with Gasteiger partial charge in [0, 0.05) is 12.7 Å². The molecule has 1 heterocycles. The number of hydrogen-bond donors (Lipinski definition) is 1. The van der Waals surface area contributed by atoms with Crippen LogP contribution in [0.1, 0.15) is 17.7 Å². The van der Waals surface area contributed by atoms with Crippen LogP contribution >= 0.6 is 23.2 Å². The fourth-order valence-corrected chi connectivity index (χ4v) is 1.28. The number of hydrogen-bond acceptors (Lipinski definition) is 2. The Morgan fingerprint density at radius 2 is 2.00 bits per heavy atom. The lowest BCUT2D eigenvalue weighted by molar-refractivity contribution is 0.151. The van der Waals surface area contributed by atoms with E-state index < -0.39 is 6.43 Å². The lowest BCUT2D eigenvalue weighted by Crippen LogP contribution is -2.02. The minimum absolute atomic E-state index is 0.00182. The highest BCUT2D eigenvalue weighted by molar-refractivity contribution is 6.42. The number of nitrogens with zero attached hydrogens (tertiary/aromatic N) is 1. The Kier molecular flexibility index (Phi) is 3.41. The van der Waals surface area contributed by atoms with Crippen molar-refractivity contribution in [1.29, 1.82) is 0 Å². The summed E-state index contributed by atoms with van der Waals surface area (Å²) in [7, 11) is 0. The molecule has 6 heteroatoms. The molecule has 0 saturated carbocycles. The van der Waals surface area contributed by atoms with Crippen molar-refractivity contribution >= 4 is 23.2 Å². The molecular weight excluding hydrogens is 221 g/mol. The van der Waals surface area contributed by atoms with Crippen LogP contribution in [0.2, 0.25) is 10.0 Å². The van der Waals surface area contributed by atoms with E-state index in [1.54, 1.807) is 0 Å². The van der Waals surface area contributed by atoms with Gasteiger partial charge in [-0.15, -0.1) is 0 Å². The number of rotatable bonds is 2. The standard InChI is InChI=1S/C7H6Cl2F2N2/c8-5-3(7(10)11)2-13-4(1-12)6(5)9/h2,7H,1,12H2. The number of pyridine rings is 1. The second kappa shape index (κ2) is 4.17. The summed E-state index contributed by atoms with van der Waals surface area (Å²) in [6.45, 7) is 0.0715. The van der Waals surface area contributed by atoms with E-state index in [0.717, 1.165) is 6.20 Å². The van der Waals surface area contributed by atoms with Crippen molar-refractivity contribution in [3.8, 4) is 0 Å². The summed E-state index contributed by atoms with van der Waals surface area (Å²) in [5.74, 6) is 0. The smallest absolute Gasteiger partial charge is 0.266 e. The van der Waals surface area contributed by atoms with Crippen LogP contribution in [-0.4, -0.2) is 4.98 Å². The van der Waals surface area contributed by atoms with Gasteiger partial charge in [0.1, 0.15) is 0 Å². The quantitative estimate of drug-likeness (QED) is 0.843. The van der Waals surface area contributed by atoms with Gasteiger partial charge in [-0.05, 0) is 0 Å². The van der Waals surface area contributed by atoms with Crippen molar-refractivity contribution in [3.63, 3.8) is 0 Å². The Morgan fingerprint density at radius 1 is 1.38 bits per heavy atom. The molecule has 0 bridgehead atoms. The molecule has 0 aliphatic heterocycles. The first-order valence-corrected chi connectivity index (χ1v) is 4.14. The summed E-state index contributed by atoms with van der Waals surface area (Å²) in [6, 6.07) is 0. The van der Waals surface area contributed by atoms with E-state index in [4.69, 9.17) is 28.9 Å². The molecule has 1 aromatic heterocycles. The Bertz CT molecular complexity index is 318. The third-order valence-corrected chi connectivity index (χ3v) is 2.40. The Hall–Kier alpha value is -0.450. The van der Waals surface area contributed by atoms with Gasteiger partial charge >= 0.3 is 0 Å². The van der Waals surface area contributed by atoms with Gasteiger partial charge in [-0.3, -0.25) is 4.98 Å². The van der Waals surface area contributed by atoms with Crippen LogP contribution < -0.4 is 5.73 Å². The predicted molar refractivity (Wildman–Crippen MR) is 47.1 cm³/mol. The molecule has 0 aromatic carbocycles. The normalized spacial score (nSPS) is 10.9. The maximum Gasteiger partial charge on any atom is 0.266 e. The van der Waals surface area contributed by atoms with Crippen molar-refractivity contribution in [1.82, 2.24) is 4.98 Å². The zero-order valence-electron chi connectivity index (χ0n) is 6.40. The lowest BCUT2D eigenvalue weighted by atomic mass is 10.2. The molecule has 1 rings (SSSR count). The van der Waals surface area contributed by atoms with E-state index in [1.807, 2.05) is 0 Å². The summed E-state index contributed by atoms with van der Waals surface area (Å²) in [5, 5.41) is -0.172. The molecule has 0 amide bonds. The minimum atomic E-state index is -2.68. The van der Waals surface area contributed by atoms with Crippen LogP contribution in [0.15, 0.2) is 6.20 Å². The van der Waals surface area contributed by atoms with Gasteiger partial charge in [0.15, 0.2) is 0 Å². The van der Waals surface area contributed by atoms with Crippen molar-refractivity contribution < 1.29 is 8.78 Å². The van der Waals surface area contributed by atoms with Crippen molar-refractivity contribution in [3.05, 3.63) is 27.5 Å². The maximum absolute atomic E-state index is 12.2. The lowest BCUT2D eigenvalue weighted by Gasteiger charge is -2.06. The van der Waals surface area contributed by atoms with Crippen molar-refractivity contribution in [2.45, 2.75) is 13.0 Å². The first kappa shape index (κ1) is 10.6. The first-order valence-electron chi connectivity index (χ1n) is 3.39. The number of alkyl halides is 2. The molecule has 0 radical (unpaired) electrons. The summed E-state index contributed by atoms with van der Waals surface area (Å²) >= 11 is 11.2. The van der Waals surface area contributed by atoms with Crippen LogP contribution in [0.5, 0.6) is 0 Å². The Morgan fingerprint density at radius 3 is 2.46 bits per heavy atom. The molecule has 2 N–H and O–H groups in total. The average Bonchev–Trinajstić information content (AvgIpc) is 2.09. The molecule has 0 spiro atoms. The van der Waals surface area contributed by atoms with Gasteiger partial charge in [0.05, 0.1) is 21.3 Å². The summed E-state index contributed by atoms with van der Waals surface area (Å²) in [6.07, 6.45) is -1.69. The topological polar surface area (TPSA) is 38.9 Å². The Balaban J connectivity index is 3.23. The van der Waals surface area contributed by atoms with E-state index in [2.05, 4.69) is 4.98 Å². The third-order valence-electron chi connectivity index (χ3n) is 1.49. The average molecular weight is 227 g/mol. The van der Waals surface area contributed by atoms with E-state index in [9.17, 15) is 8.78 Å². The maximum atomic E-state index is 12.2. The second-order valence-corrected chi connectivity index (χ2v) is 3.05. The van der Waals surface area contributed by atoms with Crippen LogP contribution in [0.4, 0.5) is 8.78 Å². The fraction of sp³-hybridized carbons (Fsp3) is 0.286. The monoisotopic (exact) mass is 226 g/mol. The van der Waals surface area contributed by atoms with E-state index in [1.165, 1.54) is 0 Å². The number of halogens is 4.